The van der Waals surface area contributed by atoms with E-state index in [0.29, 0.717) is 19.6 Å². The molecule has 0 saturated carbocycles. The molecule has 1 aromatic rings. The topological polar surface area (TPSA) is 55.8 Å². The summed E-state index contributed by atoms with van der Waals surface area (Å²) < 4.78 is 10.4. The van der Waals surface area contributed by atoms with Gasteiger partial charge in [0.1, 0.15) is 5.75 Å². The van der Waals surface area contributed by atoms with E-state index in [9.17, 15) is 9.90 Å². The molecular weight excluding hydrogens is 256 g/mol. The lowest BCUT2D eigenvalue weighted by atomic mass is 10.0. The summed E-state index contributed by atoms with van der Waals surface area (Å²) in [5, 5.41) is 10.0. The molecule has 0 bridgehead atoms. The van der Waals surface area contributed by atoms with Gasteiger partial charge >= 0.3 is 5.97 Å². The van der Waals surface area contributed by atoms with E-state index >= 15 is 0 Å². The highest BCUT2D eigenvalue weighted by atomic mass is 16.5. The third-order valence-electron chi connectivity index (χ3n) is 2.96. The van der Waals surface area contributed by atoms with Crippen molar-refractivity contribution >= 4 is 5.97 Å². The van der Waals surface area contributed by atoms with E-state index in [1.54, 1.807) is 0 Å². The number of benzene rings is 1. The van der Waals surface area contributed by atoms with Gasteiger partial charge in [-0.25, -0.2) is 0 Å². The Morgan fingerprint density at radius 2 is 1.95 bits per heavy atom. The highest BCUT2D eigenvalue weighted by Crippen LogP contribution is 2.21. The van der Waals surface area contributed by atoms with E-state index in [2.05, 4.69) is 0 Å². The van der Waals surface area contributed by atoms with Crippen LogP contribution in [0.3, 0.4) is 0 Å². The van der Waals surface area contributed by atoms with Crippen LogP contribution in [-0.2, 0) is 9.53 Å². The van der Waals surface area contributed by atoms with Crippen LogP contribution in [0.1, 0.15) is 51.2 Å². The van der Waals surface area contributed by atoms with Crippen LogP contribution >= 0.6 is 0 Å². The second-order valence-corrected chi connectivity index (χ2v) is 4.63. The summed E-state index contributed by atoms with van der Waals surface area (Å²) in [5.41, 5.74) is 0.787. The van der Waals surface area contributed by atoms with Crippen molar-refractivity contribution < 1.29 is 19.4 Å². The molecule has 112 valence electrons. The fourth-order valence-electron chi connectivity index (χ4n) is 1.78. The SMILES string of the molecule is CCCCOC(=O)CCC(O)c1ccc(OCC)cc1. The number of ether oxygens (including phenoxy) is 2. The molecular formula is C16H24O4. The van der Waals surface area contributed by atoms with Gasteiger partial charge in [-0.3, -0.25) is 4.79 Å². The van der Waals surface area contributed by atoms with Crippen molar-refractivity contribution in [3.8, 4) is 5.75 Å². The Balaban J connectivity index is 2.34. The smallest absolute Gasteiger partial charge is 0.305 e. The fourth-order valence-corrected chi connectivity index (χ4v) is 1.78. The van der Waals surface area contributed by atoms with Gasteiger partial charge in [-0.1, -0.05) is 25.5 Å². The van der Waals surface area contributed by atoms with Crippen LogP contribution in [-0.4, -0.2) is 24.3 Å². The Kier molecular flexibility index (Phi) is 7.73. The van der Waals surface area contributed by atoms with Crippen LogP contribution in [0.5, 0.6) is 5.75 Å². The Morgan fingerprint density at radius 1 is 1.25 bits per heavy atom. The predicted molar refractivity (Wildman–Crippen MR) is 77.7 cm³/mol. The van der Waals surface area contributed by atoms with Gasteiger partial charge in [0.15, 0.2) is 0 Å². The normalized spacial score (nSPS) is 11.9. The van der Waals surface area contributed by atoms with E-state index in [1.807, 2.05) is 38.1 Å². The third kappa shape index (κ3) is 6.06. The molecule has 1 unspecified atom stereocenters. The summed E-state index contributed by atoms with van der Waals surface area (Å²) in [6, 6.07) is 7.28. The largest absolute Gasteiger partial charge is 0.494 e. The number of aliphatic hydroxyl groups is 1. The molecule has 0 aliphatic rings. The van der Waals surface area contributed by atoms with E-state index in [0.717, 1.165) is 24.2 Å². The minimum absolute atomic E-state index is 0.234. The number of unbranched alkanes of at least 4 members (excludes halogenated alkanes) is 1. The first kappa shape index (κ1) is 16.5. The summed E-state index contributed by atoms with van der Waals surface area (Å²) in [5.74, 6) is 0.533. The van der Waals surface area contributed by atoms with Gasteiger partial charge in [-0.2, -0.15) is 0 Å². The fraction of sp³-hybridized carbons (Fsp3) is 0.562. The minimum Gasteiger partial charge on any atom is -0.494 e. The van der Waals surface area contributed by atoms with Gasteiger partial charge in [-0.15, -0.1) is 0 Å². The third-order valence-corrected chi connectivity index (χ3v) is 2.96. The van der Waals surface area contributed by atoms with Gasteiger partial charge < -0.3 is 14.6 Å². The van der Waals surface area contributed by atoms with Crippen LogP contribution in [0, 0.1) is 0 Å². The molecule has 0 amide bonds. The number of hydrogen-bond acceptors (Lipinski definition) is 4. The second-order valence-electron chi connectivity index (χ2n) is 4.63. The maximum Gasteiger partial charge on any atom is 0.305 e. The quantitative estimate of drug-likeness (QED) is 0.557. The van der Waals surface area contributed by atoms with Gasteiger partial charge in [-0.05, 0) is 37.5 Å². The Morgan fingerprint density at radius 3 is 2.55 bits per heavy atom. The standard InChI is InChI=1S/C16H24O4/c1-3-5-12-20-16(18)11-10-15(17)13-6-8-14(9-7-13)19-4-2/h6-9,15,17H,3-5,10-12H2,1-2H3. The number of carbonyl (C=O) groups is 1. The van der Waals surface area contributed by atoms with Crippen LogP contribution in [0.4, 0.5) is 0 Å². The number of rotatable bonds is 9. The van der Waals surface area contributed by atoms with Gasteiger partial charge in [0.25, 0.3) is 0 Å². The number of carbonyl (C=O) groups excluding carboxylic acids is 1. The Hall–Kier alpha value is -1.55. The molecule has 0 fully saturated rings. The van der Waals surface area contributed by atoms with Crippen LogP contribution in [0.15, 0.2) is 24.3 Å². The summed E-state index contributed by atoms with van der Waals surface area (Å²) in [6.07, 6.45) is 1.84. The lowest BCUT2D eigenvalue weighted by Gasteiger charge is -2.11. The first-order valence-electron chi connectivity index (χ1n) is 7.23. The zero-order valence-corrected chi connectivity index (χ0v) is 12.3. The first-order valence-corrected chi connectivity index (χ1v) is 7.23. The molecule has 1 atom stereocenters. The molecule has 20 heavy (non-hydrogen) atoms. The number of esters is 1. The zero-order chi connectivity index (χ0) is 14.8. The van der Waals surface area contributed by atoms with E-state index in [1.165, 1.54) is 0 Å². The number of hydrogen-bond donors (Lipinski definition) is 1. The first-order chi connectivity index (χ1) is 9.67. The monoisotopic (exact) mass is 280 g/mol. The maximum absolute atomic E-state index is 11.4. The predicted octanol–water partition coefficient (Wildman–Crippen LogP) is 3.24. The summed E-state index contributed by atoms with van der Waals surface area (Å²) in [6.45, 7) is 5.05. The van der Waals surface area contributed by atoms with Crippen molar-refractivity contribution in [1.29, 1.82) is 0 Å². The summed E-state index contributed by atoms with van der Waals surface area (Å²) in [4.78, 5) is 11.4. The van der Waals surface area contributed by atoms with Crippen molar-refractivity contribution in [2.45, 2.75) is 45.6 Å². The zero-order valence-electron chi connectivity index (χ0n) is 12.3. The van der Waals surface area contributed by atoms with Crippen molar-refractivity contribution in [3.63, 3.8) is 0 Å². The average molecular weight is 280 g/mol. The highest BCUT2D eigenvalue weighted by Gasteiger charge is 2.11. The van der Waals surface area contributed by atoms with Crippen LogP contribution in [0.25, 0.3) is 0 Å². The summed E-state index contributed by atoms with van der Waals surface area (Å²) >= 11 is 0. The van der Waals surface area contributed by atoms with Crippen molar-refractivity contribution in [2.75, 3.05) is 13.2 Å². The molecule has 4 heteroatoms. The van der Waals surface area contributed by atoms with E-state index in [4.69, 9.17) is 9.47 Å². The lowest BCUT2D eigenvalue weighted by Crippen LogP contribution is -2.08. The minimum atomic E-state index is -0.649. The molecule has 1 rings (SSSR count). The Bertz CT molecular complexity index is 386. The van der Waals surface area contributed by atoms with Crippen LogP contribution in [0.2, 0.25) is 0 Å². The molecule has 0 heterocycles. The van der Waals surface area contributed by atoms with Crippen molar-refractivity contribution in [3.05, 3.63) is 29.8 Å². The van der Waals surface area contributed by atoms with Gasteiger partial charge in [0.2, 0.25) is 0 Å². The second kappa shape index (κ2) is 9.37. The molecule has 0 aliphatic heterocycles. The molecule has 0 saturated heterocycles. The molecule has 1 N–H and O–H groups in total. The van der Waals surface area contributed by atoms with Crippen molar-refractivity contribution in [2.24, 2.45) is 0 Å². The van der Waals surface area contributed by atoms with Gasteiger partial charge in [0.05, 0.1) is 19.3 Å². The maximum atomic E-state index is 11.4. The van der Waals surface area contributed by atoms with Crippen LogP contribution < -0.4 is 4.74 Å². The Labute approximate surface area is 120 Å². The van der Waals surface area contributed by atoms with Crippen molar-refractivity contribution in [1.82, 2.24) is 0 Å². The molecule has 0 aliphatic carbocycles. The molecule has 1 aromatic carbocycles. The lowest BCUT2D eigenvalue weighted by molar-refractivity contribution is -0.144. The highest BCUT2D eigenvalue weighted by molar-refractivity contribution is 5.69. The average Bonchev–Trinajstić information content (AvgIpc) is 2.46. The molecule has 0 radical (unpaired) electrons. The van der Waals surface area contributed by atoms with E-state index in [-0.39, 0.29) is 12.4 Å². The molecule has 0 spiro atoms. The van der Waals surface area contributed by atoms with E-state index < -0.39 is 6.10 Å². The molecule has 0 aromatic heterocycles. The number of aliphatic hydroxyl groups excluding tert-OH is 1. The van der Waals surface area contributed by atoms with Gasteiger partial charge in [0, 0.05) is 6.42 Å². The molecule has 4 nitrogen and oxygen atoms in total. The summed E-state index contributed by atoms with van der Waals surface area (Å²) in [7, 11) is 0.